The number of nitrogens with two attached hydrogens (primary N) is 1. The lowest BCUT2D eigenvalue weighted by Gasteiger charge is -2.28. The molecule has 1 heterocycles. The molecule has 17 heavy (non-hydrogen) atoms. The predicted octanol–water partition coefficient (Wildman–Crippen LogP) is 0.230. The minimum absolute atomic E-state index is 0.295. The Morgan fingerprint density at radius 1 is 1.47 bits per heavy atom. The zero-order valence-corrected chi connectivity index (χ0v) is 9.39. The number of halogens is 3. The number of nitrogens with one attached hydrogen (secondary N) is 1. The molecule has 0 aromatic rings. The Balaban J connectivity index is 1.98. The molecule has 7 heteroatoms. The summed E-state index contributed by atoms with van der Waals surface area (Å²) in [5, 5.41) is 2.31. The fourth-order valence-electron chi connectivity index (χ4n) is 2.29. The second-order valence-electron chi connectivity index (χ2n) is 4.87. The molecule has 0 bridgehead atoms. The normalized spacial score (nSPS) is 30.8. The number of hydrogen-bond donors (Lipinski definition) is 2. The molecule has 0 radical (unpaired) electrons. The quantitative estimate of drug-likeness (QED) is 0.752. The Morgan fingerprint density at radius 2 is 2.12 bits per heavy atom. The van der Waals surface area contributed by atoms with E-state index in [0.29, 0.717) is 25.6 Å². The van der Waals surface area contributed by atoms with E-state index in [9.17, 15) is 18.0 Å². The number of alkyl halides is 3. The first-order valence-corrected chi connectivity index (χ1v) is 5.68. The summed E-state index contributed by atoms with van der Waals surface area (Å²) in [6.45, 7) is -0.240. The van der Waals surface area contributed by atoms with Crippen molar-refractivity contribution in [3.63, 3.8) is 0 Å². The van der Waals surface area contributed by atoms with Crippen LogP contribution >= 0.6 is 0 Å². The van der Waals surface area contributed by atoms with E-state index >= 15 is 0 Å². The molecule has 2 aliphatic rings. The molecular weight excluding hydrogens is 235 g/mol. The van der Waals surface area contributed by atoms with Gasteiger partial charge < -0.3 is 5.73 Å². The lowest BCUT2D eigenvalue weighted by Crippen LogP contribution is -2.59. The monoisotopic (exact) mass is 251 g/mol. The number of carbonyl (C=O) groups is 1. The molecule has 1 saturated carbocycles. The van der Waals surface area contributed by atoms with Crippen LogP contribution in [0.4, 0.5) is 13.2 Å². The van der Waals surface area contributed by atoms with E-state index in [1.807, 2.05) is 4.90 Å². The highest BCUT2D eigenvalue weighted by molar-refractivity contribution is 5.85. The van der Waals surface area contributed by atoms with E-state index in [-0.39, 0.29) is 0 Å². The topological polar surface area (TPSA) is 58.4 Å². The average molecular weight is 251 g/mol. The summed E-state index contributed by atoms with van der Waals surface area (Å²) in [4.78, 5) is 13.4. The molecule has 0 aromatic carbocycles. The van der Waals surface area contributed by atoms with Crippen LogP contribution in [0.2, 0.25) is 0 Å². The molecule has 1 saturated heterocycles. The zero-order chi connectivity index (χ0) is 12.7. The van der Waals surface area contributed by atoms with Gasteiger partial charge in [-0.15, -0.1) is 0 Å². The third-order valence-electron chi connectivity index (χ3n) is 3.46. The van der Waals surface area contributed by atoms with Crippen LogP contribution in [0.25, 0.3) is 0 Å². The summed E-state index contributed by atoms with van der Waals surface area (Å²) in [5.74, 6) is -0.690. The van der Waals surface area contributed by atoms with Crippen molar-refractivity contribution in [1.82, 2.24) is 10.2 Å². The highest BCUT2D eigenvalue weighted by Crippen LogP contribution is 2.33. The Morgan fingerprint density at radius 3 is 2.59 bits per heavy atom. The van der Waals surface area contributed by atoms with Crippen molar-refractivity contribution < 1.29 is 18.0 Å². The van der Waals surface area contributed by atoms with Crippen LogP contribution in [-0.4, -0.2) is 48.2 Å². The number of hydrogen-bond acceptors (Lipinski definition) is 3. The number of nitrogens with zero attached hydrogens (tertiary/aromatic N) is 1. The molecule has 4 nitrogen and oxygen atoms in total. The van der Waals surface area contributed by atoms with Gasteiger partial charge in [-0.3, -0.25) is 15.0 Å². The lowest BCUT2D eigenvalue weighted by molar-refractivity contribution is -0.135. The van der Waals surface area contributed by atoms with Gasteiger partial charge in [0.05, 0.1) is 6.54 Å². The zero-order valence-electron chi connectivity index (χ0n) is 9.39. The third-order valence-corrected chi connectivity index (χ3v) is 3.46. The van der Waals surface area contributed by atoms with Gasteiger partial charge in [-0.25, -0.2) is 0 Å². The average Bonchev–Trinajstić information content (AvgIpc) is 2.95. The Kier molecular flexibility index (Phi) is 3.07. The van der Waals surface area contributed by atoms with Crippen LogP contribution in [0.3, 0.4) is 0 Å². The summed E-state index contributed by atoms with van der Waals surface area (Å²) in [5.41, 5.74) is 4.04. The van der Waals surface area contributed by atoms with Gasteiger partial charge in [0.2, 0.25) is 5.91 Å². The molecular formula is C10H16F3N3O. The van der Waals surface area contributed by atoms with Gasteiger partial charge in [0.15, 0.2) is 0 Å². The molecule has 1 amide bonds. The Hall–Kier alpha value is -0.820. The van der Waals surface area contributed by atoms with Gasteiger partial charge >= 0.3 is 6.18 Å². The van der Waals surface area contributed by atoms with Gasteiger partial charge in [0.25, 0.3) is 0 Å². The molecule has 3 N–H and O–H groups in total. The summed E-state index contributed by atoms with van der Waals surface area (Å²) in [6, 6.07) is 0.434. The SMILES string of the molecule is NC(=O)C1(NCC(F)(F)F)CCN(C2CC2)C1. The number of likely N-dealkylation sites (tertiary alicyclic amines) is 1. The van der Waals surface area contributed by atoms with Crippen molar-refractivity contribution in [3.05, 3.63) is 0 Å². The van der Waals surface area contributed by atoms with Gasteiger partial charge in [-0.2, -0.15) is 13.2 Å². The van der Waals surface area contributed by atoms with Crippen LogP contribution in [0.1, 0.15) is 19.3 Å². The maximum absolute atomic E-state index is 12.2. The first-order chi connectivity index (χ1) is 7.82. The number of carbonyl (C=O) groups excluding carboxylic acids is 1. The van der Waals surface area contributed by atoms with Crippen molar-refractivity contribution >= 4 is 5.91 Å². The first kappa shape index (κ1) is 12.6. The fraction of sp³-hybridized carbons (Fsp3) is 0.900. The molecule has 1 atom stereocenters. The Labute approximate surface area is 97.3 Å². The standard InChI is InChI=1S/C10H16F3N3O/c11-10(12,13)5-15-9(8(14)17)3-4-16(6-9)7-1-2-7/h7,15H,1-6H2,(H2,14,17). The molecule has 2 rings (SSSR count). The maximum Gasteiger partial charge on any atom is 0.401 e. The maximum atomic E-state index is 12.2. The lowest BCUT2D eigenvalue weighted by atomic mass is 9.98. The van der Waals surface area contributed by atoms with Crippen LogP contribution < -0.4 is 11.1 Å². The first-order valence-electron chi connectivity index (χ1n) is 5.68. The van der Waals surface area contributed by atoms with E-state index in [1.165, 1.54) is 0 Å². The van der Waals surface area contributed by atoms with Crippen molar-refractivity contribution in [2.75, 3.05) is 19.6 Å². The molecule has 1 aliphatic heterocycles. The van der Waals surface area contributed by atoms with E-state index in [4.69, 9.17) is 5.73 Å². The highest BCUT2D eigenvalue weighted by atomic mass is 19.4. The van der Waals surface area contributed by atoms with E-state index in [1.54, 1.807) is 0 Å². The van der Waals surface area contributed by atoms with Crippen LogP contribution in [0.5, 0.6) is 0 Å². The summed E-state index contributed by atoms with van der Waals surface area (Å²) in [6.07, 6.45) is -1.84. The minimum atomic E-state index is -4.32. The van der Waals surface area contributed by atoms with Gasteiger partial charge in [0.1, 0.15) is 5.54 Å². The summed E-state index contributed by atoms with van der Waals surface area (Å²) in [7, 11) is 0. The number of primary amides is 1. The van der Waals surface area contributed by atoms with Crippen molar-refractivity contribution in [3.8, 4) is 0 Å². The summed E-state index contributed by atoms with van der Waals surface area (Å²) >= 11 is 0. The van der Waals surface area contributed by atoms with Crippen LogP contribution in [-0.2, 0) is 4.79 Å². The van der Waals surface area contributed by atoms with Gasteiger partial charge in [-0.1, -0.05) is 0 Å². The highest BCUT2D eigenvalue weighted by Gasteiger charge is 2.48. The summed E-state index contributed by atoms with van der Waals surface area (Å²) < 4.78 is 36.5. The number of amides is 1. The van der Waals surface area contributed by atoms with Crippen LogP contribution in [0, 0.1) is 0 Å². The van der Waals surface area contributed by atoms with E-state index in [2.05, 4.69) is 5.32 Å². The molecule has 1 unspecified atom stereocenters. The van der Waals surface area contributed by atoms with Crippen molar-refractivity contribution in [2.45, 2.75) is 37.0 Å². The van der Waals surface area contributed by atoms with Gasteiger partial charge in [-0.05, 0) is 19.3 Å². The second kappa shape index (κ2) is 4.13. The second-order valence-corrected chi connectivity index (χ2v) is 4.87. The minimum Gasteiger partial charge on any atom is -0.368 e. The van der Waals surface area contributed by atoms with E-state index < -0.39 is 24.2 Å². The van der Waals surface area contributed by atoms with Crippen LogP contribution in [0.15, 0.2) is 0 Å². The molecule has 2 fully saturated rings. The van der Waals surface area contributed by atoms with E-state index in [0.717, 1.165) is 12.8 Å². The molecule has 0 spiro atoms. The largest absolute Gasteiger partial charge is 0.401 e. The van der Waals surface area contributed by atoms with Crippen molar-refractivity contribution in [2.24, 2.45) is 5.73 Å². The molecule has 98 valence electrons. The molecule has 1 aliphatic carbocycles. The Bertz CT molecular complexity index is 316. The van der Waals surface area contributed by atoms with Gasteiger partial charge in [0, 0.05) is 19.1 Å². The van der Waals surface area contributed by atoms with Crippen molar-refractivity contribution in [1.29, 1.82) is 0 Å². The fourth-order valence-corrected chi connectivity index (χ4v) is 2.29. The number of rotatable bonds is 4. The molecule has 0 aromatic heterocycles. The third kappa shape index (κ3) is 2.90. The predicted molar refractivity (Wildman–Crippen MR) is 55.2 cm³/mol. The smallest absolute Gasteiger partial charge is 0.368 e.